The molecule has 1 aliphatic heterocycles. The molecule has 0 radical (unpaired) electrons. The van der Waals surface area contributed by atoms with Gasteiger partial charge in [-0.05, 0) is 18.9 Å². The molecule has 1 aliphatic carbocycles. The van der Waals surface area contributed by atoms with E-state index in [0.717, 1.165) is 12.2 Å². The van der Waals surface area contributed by atoms with Crippen molar-refractivity contribution in [1.82, 2.24) is 9.47 Å². The summed E-state index contributed by atoms with van der Waals surface area (Å²) in [6.07, 6.45) is 6.22. The molecule has 2 aliphatic rings. The molecule has 104 valence electrons. The van der Waals surface area contributed by atoms with Gasteiger partial charge in [-0.1, -0.05) is 37.5 Å². The molecule has 3 heteroatoms. The maximum absolute atomic E-state index is 12.8. The van der Waals surface area contributed by atoms with E-state index in [2.05, 4.69) is 27.7 Å². The number of amides is 1. The lowest BCUT2D eigenvalue weighted by molar-refractivity contribution is 0.0653. The average molecular weight is 268 g/mol. The Morgan fingerprint density at radius 1 is 1.10 bits per heavy atom. The predicted molar refractivity (Wildman–Crippen MR) is 79.7 cm³/mol. The van der Waals surface area contributed by atoms with Gasteiger partial charge in [-0.3, -0.25) is 4.79 Å². The summed E-state index contributed by atoms with van der Waals surface area (Å²) in [6.45, 7) is 0.806. The number of hydrogen-bond acceptors (Lipinski definition) is 1. The van der Waals surface area contributed by atoms with Gasteiger partial charge in [-0.25, -0.2) is 0 Å². The number of hydrogen-bond donors (Lipinski definition) is 0. The van der Waals surface area contributed by atoms with E-state index >= 15 is 0 Å². The second-order valence-electron chi connectivity index (χ2n) is 6.13. The van der Waals surface area contributed by atoms with Gasteiger partial charge in [0.2, 0.25) is 0 Å². The maximum atomic E-state index is 12.8. The second-order valence-corrected chi connectivity index (χ2v) is 6.13. The fourth-order valence-corrected chi connectivity index (χ4v) is 3.97. The zero-order chi connectivity index (χ0) is 13.7. The van der Waals surface area contributed by atoms with Crippen molar-refractivity contribution in [3.8, 4) is 0 Å². The van der Waals surface area contributed by atoms with E-state index < -0.39 is 0 Å². The van der Waals surface area contributed by atoms with Gasteiger partial charge in [-0.15, -0.1) is 0 Å². The molecule has 20 heavy (non-hydrogen) atoms. The lowest BCUT2D eigenvalue weighted by atomic mass is 9.94. The first-order valence-corrected chi connectivity index (χ1v) is 7.64. The Balaban J connectivity index is 1.77. The fourth-order valence-electron chi connectivity index (χ4n) is 3.97. The SMILES string of the molecule is Cn1c2c(c3ccccc31)CN(C1CCCCC1)C2=O. The summed E-state index contributed by atoms with van der Waals surface area (Å²) in [5, 5.41) is 1.25. The maximum Gasteiger partial charge on any atom is 0.271 e. The van der Waals surface area contributed by atoms with Crippen LogP contribution in [0, 0.1) is 0 Å². The molecule has 1 aromatic carbocycles. The van der Waals surface area contributed by atoms with Crippen molar-refractivity contribution in [3.63, 3.8) is 0 Å². The zero-order valence-corrected chi connectivity index (χ0v) is 11.9. The summed E-state index contributed by atoms with van der Waals surface area (Å²) in [5.74, 6) is 0.241. The molecule has 4 rings (SSSR count). The average Bonchev–Trinajstić information content (AvgIpc) is 2.98. The Bertz CT molecular complexity index is 680. The van der Waals surface area contributed by atoms with E-state index in [1.165, 1.54) is 48.6 Å². The number of rotatable bonds is 1. The van der Waals surface area contributed by atoms with E-state index in [4.69, 9.17) is 0 Å². The number of aryl methyl sites for hydroxylation is 1. The van der Waals surface area contributed by atoms with Gasteiger partial charge in [0.25, 0.3) is 5.91 Å². The predicted octanol–water partition coefficient (Wildman–Crippen LogP) is 3.47. The van der Waals surface area contributed by atoms with Crippen LogP contribution >= 0.6 is 0 Å². The Labute approximate surface area is 119 Å². The quantitative estimate of drug-likeness (QED) is 0.777. The summed E-state index contributed by atoms with van der Waals surface area (Å²) < 4.78 is 2.08. The lowest BCUT2D eigenvalue weighted by Gasteiger charge is -2.31. The van der Waals surface area contributed by atoms with Crippen LogP contribution in [-0.4, -0.2) is 21.4 Å². The minimum absolute atomic E-state index is 0.241. The summed E-state index contributed by atoms with van der Waals surface area (Å²) in [5.41, 5.74) is 3.32. The van der Waals surface area contributed by atoms with Crippen LogP contribution in [0.15, 0.2) is 24.3 Å². The topological polar surface area (TPSA) is 25.2 Å². The molecule has 1 aromatic heterocycles. The molecule has 0 bridgehead atoms. The van der Waals surface area contributed by atoms with Crippen LogP contribution in [0.2, 0.25) is 0 Å². The van der Waals surface area contributed by atoms with E-state index in [-0.39, 0.29) is 5.91 Å². The van der Waals surface area contributed by atoms with Crippen molar-refractivity contribution in [2.75, 3.05) is 0 Å². The molecule has 1 saturated carbocycles. The Morgan fingerprint density at radius 3 is 2.65 bits per heavy atom. The number of para-hydroxylation sites is 1. The first-order valence-electron chi connectivity index (χ1n) is 7.64. The van der Waals surface area contributed by atoms with Crippen molar-refractivity contribution >= 4 is 16.8 Å². The molecule has 0 N–H and O–H groups in total. The van der Waals surface area contributed by atoms with Crippen molar-refractivity contribution in [2.24, 2.45) is 7.05 Å². The molecular formula is C17H20N2O. The Kier molecular flexibility index (Phi) is 2.62. The third-order valence-electron chi connectivity index (χ3n) is 5.02. The van der Waals surface area contributed by atoms with E-state index in [1.54, 1.807) is 0 Å². The van der Waals surface area contributed by atoms with Crippen molar-refractivity contribution in [1.29, 1.82) is 0 Å². The molecule has 0 spiro atoms. The van der Waals surface area contributed by atoms with Gasteiger partial charge in [0, 0.05) is 36.1 Å². The first-order chi connectivity index (χ1) is 9.77. The third-order valence-corrected chi connectivity index (χ3v) is 5.02. The summed E-state index contributed by atoms with van der Waals surface area (Å²) in [6, 6.07) is 8.82. The van der Waals surface area contributed by atoms with Crippen molar-refractivity contribution < 1.29 is 4.79 Å². The molecular weight excluding hydrogens is 248 g/mol. The third kappa shape index (κ3) is 1.55. The van der Waals surface area contributed by atoms with E-state index in [1.807, 2.05) is 13.1 Å². The van der Waals surface area contributed by atoms with Crippen molar-refractivity contribution in [3.05, 3.63) is 35.5 Å². The number of carbonyl (C=O) groups excluding carboxylic acids is 1. The van der Waals surface area contributed by atoms with Crippen LogP contribution in [-0.2, 0) is 13.6 Å². The highest BCUT2D eigenvalue weighted by atomic mass is 16.2. The fraction of sp³-hybridized carbons (Fsp3) is 0.471. The van der Waals surface area contributed by atoms with Gasteiger partial charge >= 0.3 is 0 Å². The molecule has 0 saturated heterocycles. The largest absolute Gasteiger partial charge is 0.339 e. The van der Waals surface area contributed by atoms with Gasteiger partial charge in [0.15, 0.2) is 0 Å². The van der Waals surface area contributed by atoms with Crippen LogP contribution < -0.4 is 0 Å². The second kappa shape index (κ2) is 4.37. The number of aromatic nitrogens is 1. The van der Waals surface area contributed by atoms with Crippen LogP contribution in [0.5, 0.6) is 0 Å². The summed E-state index contributed by atoms with van der Waals surface area (Å²) in [4.78, 5) is 14.9. The number of nitrogens with zero attached hydrogens (tertiary/aromatic N) is 2. The number of benzene rings is 1. The normalized spacial score (nSPS) is 19.9. The van der Waals surface area contributed by atoms with E-state index in [9.17, 15) is 4.79 Å². The van der Waals surface area contributed by atoms with Crippen LogP contribution in [0.1, 0.15) is 48.2 Å². The molecule has 3 nitrogen and oxygen atoms in total. The number of fused-ring (bicyclic) bond motifs is 3. The lowest BCUT2D eigenvalue weighted by Crippen LogP contribution is -2.37. The molecule has 0 unspecified atom stereocenters. The molecule has 2 aromatic rings. The monoisotopic (exact) mass is 268 g/mol. The number of carbonyl (C=O) groups is 1. The molecule has 0 atom stereocenters. The van der Waals surface area contributed by atoms with Crippen LogP contribution in [0.4, 0.5) is 0 Å². The van der Waals surface area contributed by atoms with Crippen LogP contribution in [0.3, 0.4) is 0 Å². The molecule has 1 amide bonds. The highest BCUT2D eigenvalue weighted by Crippen LogP contribution is 2.36. The Hall–Kier alpha value is -1.77. The van der Waals surface area contributed by atoms with Gasteiger partial charge < -0.3 is 9.47 Å². The molecule has 1 fully saturated rings. The highest BCUT2D eigenvalue weighted by molar-refractivity contribution is 6.04. The summed E-state index contributed by atoms with van der Waals surface area (Å²) in [7, 11) is 2.02. The smallest absolute Gasteiger partial charge is 0.271 e. The van der Waals surface area contributed by atoms with Gasteiger partial charge in [0.05, 0.1) is 0 Å². The van der Waals surface area contributed by atoms with Gasteiger partial charge in [-0.2, -0.15) is 0 Å². The minimum atomic E-state index is 0.241. The van der Waals surface area contributed by atoms with E-state index in [0.29, 0.717) is 6.04 Å². The molecule has 2 heterocycles. The first kappa shape index (κ1) is 12.0. The van der Waals surface area contributed by atoms with Gasteiger partial charge in [0.1, 0.15) is 5.69 Å². The van der Waals surface area contributed by atoms with Crippen LogP contribution in [0.25, 0.3) is 10.9 Å². The highest BCUT2D eigenvalue weighted by Gasteiger charge is 2.36. The van der Waals surface area contributed by atoms with Crippen molar-refractivity contribution in [2.45, 2.75) is 44.7 Å². The summed E-state index contributed by atoms with van der Waals surface area (Å²) >= 11 is 0. The zero-order valence-electron chi connectivity index (χ0n) is 11.9. The minimum Gasteiger partial charge on any atom is -0.339 e. The Morgan fingerprint density at radius 2 is 1.85 bits per heavy atom. The standard InChI is InChI=1S/C17H20N2O/c1-18-15-10-6-5-9-13(15)14-11-19(17(20)16(14)18)12-7-3-2-4-8-12/h5-6,9-10,12H,2-4,7-8,11H2,1H3.